The van der Waals surface area contributed by atoms with Crippen molar-refractivity contribution in [2.24, 2.45) is 0 Å². The van der Waals surface area contributed by atoms with E-state index >= 15 is 0 Å². The first-order valence-corrected chi connectivity index (χ1v) is 9.08. The van der Waals surface area contributed by atoms with Crippen LogP contribution in [-0.2, 0) is 23.8 Å². The molecule has 0 N–H and O–H groups in total. The highest BCUT2D eigenvalue weighted by molar-refractivity contribution is 6.31. The summed E-state index contributed by atoms with van der Waals surface area (Å²) in [6.07, 6.45) is 2.02. The van der Waals surface area contributed by atoms with E-state index in [-0.39, 0.29) is 6.61 Å². The maximum Gasteiger partial charge on any atom is 0.353 e. The van der Waals surface area contributed by atoms with E-state index in [1.54, 1.807) is 31.2 Å². The molecule has 5 nitrogen and oxygen atoms in total. The molecule has 0 aliphatic heterocycles. The Labute approximate surface area is 157 Å². The van der Waals surface area contributed by atoms with Gasteiger partial charge in [0.25, 0.3) is 0 Å². The maximum absolute atomic E-state index is 12.6. The summed E-state index contributed by atoms with van der Waals surface area (Å²) in [5.41, 5.74) is -0.917. The van der Waals surface area contributed by atoms with Crippen LogP contribution in [0.15, 0.2) is 24.3 Å². The van der Waals surface area contributed by atoms with E-state index in [0.717, 1.165) is 12.8 Å². The zero-order valence-electron chi connectivity index (χ0n) is 14.3. The van der Waals surface area contributed by atoms with Crippen molar-refractivity contribution in [2.75, 3.05) is 13.7 Å². The molecule has 0 heterocycles. The van der Waals surface area contributed by atoms with Crippen LogP contribution in [0, 0.1) is 0 Å². The van der Waals surface area contributed by atoms with Crippen LogP contribution in [-0.4, -0.2) is 37.4 Å². The lowest BCUT2D eigenvalue weighted by atomic mass is 9.81. The monoisotopic (exact) mass is 388 g/mol. The summed E-state index contributed by atoms with van der Waals surface area (Å²) in [6, 6.07) is 6.57. The van der Waals surface area contributed by atoms with Gasteiger partial charge in [0.15, 0.2) is 5.38 Å². The highest BCUT2D eigenvalue weighted by atomic mass is 35.5. The summed E-state index contributed by atoms with van der Waals surface area (Å²) in [4.78, 5) is 25.2. The van der Waals surface area contributed by atoms with E-state index in [0.29, 0.717) is 23.4 Å². The van der Waals surface area contributed by atoms with Crippen molar-refractivity contribution in [3.63, 3.8) is 0 Å². The normalized spacial score (nSPS) is 24.4. The van der Waals surface area contributed by atoms with E-state index < -0.39 is 29.0 Å². The van der Waals surface area contributed by atoms with Gasteiger partial charge in [0, 0.05) is 18.6 Å². The van der Waals surface area contributed by atoms with Crippen LogP contribution in [0.25, 0.3) is 0 Å². The molecular formula is C18H22Cl2O5. The largest absolute Gasteiger partial charge is 0.463 e. The Bertz CT molecular complexity index is 604. The lowest BCUT2D eigenvalue weighted by Gasteiger charge is -2.40. The lowest BCUT2D eigenvalue weighted by molar-refractivity contribution is -0.205. The standard InChI is InChI=1S/C18H22Cl2O5/c1-3-24-17(22)18(11-5-4-6-14(18)23-2)25-16(21)15(20)12-7-9-13(19)10-8-12/h7-10,14-15H,3-6,11H2,1-2H3. The second kappa shape index (κ2) is 8.88. The van der Waals surface area contributed by atoms with Gasteiger partial charge < -0.3 is 14.2 Å². The molecule has 138 valence electrons. The fourth-order valence-electron chi connectivity index (χ4n) is 3.06. The van der Waals surface area contributed by atoms with Gasteiger partial charge in [-0.3, -0.25) is 4.79 Å². The zero-order chi connectivity index (χ0) is 18.4. The molecule has 0 amide bonds. The molecule has 2 rings (SSSR count). The third kappa shape index (κ3) is 4.46. The van der Waals surface area contributed by atoms with Crippen LogP contribution in [0.5, 0.6) is 0 Å². The van der Waals surface area contributed by atoms with Crippen molar-refractivity contribution < 1.29 is 23.8 Å². The third-order valence-electron chi connectivity index (χ3n) is 4.34. The van der Waals surface area contributed by atoms with Crippen LogP contribution in [0.1, 0.15) is 43.5 Å². The Kier molecular flexibility index (Phi) is 7.11. The van der Waals surface area contributed by atoms with Crippen molar-refractivity contribution in [1.29, 1.82) is 0 Å². The molecule has 0 radical (unpaired) electrons. The Balaban J connectivity index is 2.24. The van der Waals surface area contributed by atoms with Crippen molar-refractivity contribution in [3.8, 4) is 0 Å². The van der Waals surface area contributed by atoms with Gasteiger partial charge in [0.2, 0.25) is 5.60 Å². The molecule has 1 saturated carbocycles. The highest BCUT2D eigenvalue weighted by Gasteiger charge is 2.53. The molecule has 7 heteroatoms. The molecule has 1 aliphatic carbocycles. The van der Waals surface area contributed by atoms with Crippen LogP contribution >= 0.6 is 23.2 Å². The second-order valence-electron chi connectivity index (χ2n) is 5.92. The molecule has 0 spiro atoms. The van der Waals surface area contributed by atoms with Gasteiger partial charge in [0.1, 0.15) is 6.10 Å². The zero-order valence-corrected chi connectivity index (χ0v) is 15.8. The van der Waals surface area contributed by atoms with Crippen LogP contribution < -0.4 is 0 Å². The molecule has 1 aromatic rings. The van der Waals surface area contributed by atoms with Crippen molar-refractivity contribution in [3.05, 3.63) is 34.9 Å². The van der Waals surface area contributed by atoms with Gasteiger partial charge in [-0.05, 0) is 37.5 Å². The number of rotatable bonds is 6. The van der Waals surface area contributed by atoms with E-state index in [4.69, 9.17) is 37.4 Å². The van der Waals surface area contributed by atoms with Gasteiger partial charge in [-0.15, -0.1) is 11.6 Å². The first-order valence-electron chi connectivity index (χ1n) is 8.27. The Morgan fingerprint density at radius 3 is 2.56 bits per heavy atom. The Morgan fingerprint density at radius 2 is 1.96 bits per heavy atom. The molecule has 1 fully saturated rings. The fourth-order valence-corrected chi connectivity index (χ4v) is 3.38. The van der Waals surface area contributed by atoms with Crippen LogP contribution in [0.2, 0.25) is 5.02 Å². The average molecular weight is 389 g/mol. The second-order valence-corrected chi connectivity index (χ2v) is 6.79. The third-order valence-corrected chi connectivity index (χ3v) is 5.02. The summed E-state index contributed by atoms with van der Waals surface area (Å²) < 4.78 is 16.2. The summed E-state index contributed by atoms with van der Waals surface area (Å²) in [7, 11) is 1.50. The average Bonchev–Trinajstić information content (AvgIpc) is 2.62. The molecule has 0 saturated heterocycles. The predicted octanol–water partition coefficient (Wildman–Crippen LogP) is 4.05. The molecule has 1 aliphatic rings. The van der Waals surface area contributed by atoms with Gasteiger partial charge in [-0.1, -0.05) is 30.2 Å². The Hall–Kier alpha value is -1.30. The molecule has 25 heavy (non-hydrogen) atoms. The minimum Gasteiger partial charge on any atom is -0.463 e. The molecule has 1 aromatic carbocycles. The molecular weight excluding hydrogens is 367 g/mol. The first-order chi connectivity index (χ1) is 11.9. The SMILES string of the molecule is CCOC(=O)C1(OC(=O)C(Cl)c2ccc(Cl)cc2)CCCCC1OC. The summed E-state index contributed by atoms with van der Waals surface area (Å²) >= 11 is 12.1. The van der Waals surface area contributed by atoms with Crippen molar-refractivity contribution >= 4 is 35.1 Å². The number of carbonyl (C=O) groups is 2. The van der Waals surface area contributed by atoms with Crippen molar-refractivity contribution in [1.82, 2.24) is 0 Å². The fraction of sp³-hybridized carbons (Fsp3) is 0.556. The lowest BCUT2D eigenvalue weighted by Crippen LogP contribution is -2.56. The van der Waals surface area contributed by atoms with Gasteiger partial charge in [0.05, 0.1) is 6.61 Å². The van der Waals surface area contributed by atoms with E-state index in [2.05, 4.69) is 0 Å². The summed E-state index contributed by atoms with van der Waals surface area (Å²) in [5.74, 6) is -1.30. The Morgan fingerprint density at radius 1 is 1.28 bits per heavy atom. The number of methoxy groups -OCH3 is 1. The molecule has 3 unspecified atom stereocenters. The molecule has 0 aromatic heterocycles. The number of halogens is 2. The quantitative estimate of drug-likeness (QED) is 0.543. The maximum atomic E-state index is 12.6. The molecule has 3 atom stereocenters. The minimum absolute atomic E-state index is 0.191. The predicted molar refractivity (Wildman–Crippen MR) is 94.8 cm³/mol. The summed E-state index contributed by atoms with van der Waals surface area (Å²) in [6.45, 7) is 1.90. The summed E-state index contributed by atoms with van der Waals surface area (Å²) in [5, 5.41) is -0.515. The number of hydrogen-bond donors (Lipinski definition) is 0. The minimum atomic E-state index is -1.46. The number of hydrogen-bond acceptors (Lipinski definition) is 5. The number of benzene rings is 1. The topological polar surface area (TPSA) is 61.8 Å². The van der Waals surface area contributed by atoms with Gasteiger partial charge in [-0.2, -0.15) is 0 Å². The number of alkyl halides is 1. The number of esters is 2. The van der Waals surface area contributed by atoms with E-state index in [1.165, 1.54) is 7.11 Å². The van der Waals surface area contributed by atoms with Gasteiger partial charge >= 0.3 is 11.9 Å². The van der Waals surface area contributed by atoms with Crippen LogP contribution in [0.4, 0.5) is 0 Å². The number of ether oxygens (including phenoxy) is 3. The van der Waals surface area contributed by atoms with E-state index in [9.17, 15) is 9.59 Å². The smallest absolute Gasteiger partial charge is 0.353 e. The number of carbonyl (C=O) groups excluding carboxylic acids is 2. The van der Waals surface area contributed by atoms with Crippen LogP contribution in [0.3, 0.4) is 0 Å². The van der Waals surface area contributed by atoms with E-state index in [1.807, 2.05) is 0 Å². The highest BCUT2D eigenvalue weighted by Crippen LogP contribution is 2.37. The first kappa shape index (κ1) is 20.0. The van der Waals surface area contributed by atoms with Gasteiger partial charge in [-0.25, -0.2) is 4.79 Å². The molecule has 0 bridgehead atoms. The van der Waals surface area contributed by atoms with Crippen molar-refractivity contribution in [2.45, 2.75) is 49.7 Å².